The van der Waals surface area contributed by atoms with Crippen LogP contribution in [0, 0.1) is 23.7 Å². The molecule has 262 valence electrons. The standard InChI is InChI=1S/C38H54N4O6/c1-3-26-6-4-8-33(35(46)14-11-31(18-26)42-23-25(2)44)34(45)12-9-27-10-13-36(47)37(19-27)48-32(24-43)21-29(20-30-7-5-16-40-30)28-15-17-41-38(39)22-28/h5,7,10,13,15-17,19,22,25-26,29,31-35,40,42-47H,3,8-9,11-12,14,18,20-21,23-24H2,1-2H3,(H2,39,41). The van der Waals surface area contributed by atoms with Gasteiger partial charge < -0.3 is 46.3 Å². The molecule has 3 aromatic rings. The van der Waals surface area contributed by atoms with Gasteiger partial charge in [0.05, 0.1) is 24.9 Å². The molecule has 1 aliphatic rings. The number of aromatic hydroxyl groups is 1. The van der Waals surface area contributed by atoms with Gasteiger partial charge in [-0.15, -0.1) is 5.92 Å². The third-order valence-corrected chi connectivity index (χ3v) is 9.41. The molecule has 0 saturated heterocycles. The number of benzene rings is 1. The summed E-state index contributed by atoms with van der Waals surface area (Å²) in [5.74, 6) is 7.06. The molecule has 2 aromatic heterocycles. The Kier molecular flexibility index (Phi) is 14.6. The van der Waals surface area contributed by atoms with Crippen LogP contribution in [0.1, 0.15) is 81.5 Å². The molecule has 0 saturated carbocycles. The highest BCUT2D eigenvalue weighted by atomic mass is 16.5. The number of H-pyrrole nitrogens is 1. The van der Waals surface area contributed by atoms with E-state index in [2.05, 4.69) is 34.0 Å². The number of aliphatic hydroxyl groups excluding tert-OH is 4. The number of nitrogens with one attached hydrogen (secondary N) is 2. The monoisotopic (exact) mass is 662 g/mol. The average Bonchev–Trinajstić information content (AvgIpc) is 3.59. The molecule has 8 unspecified atom stereocenters. The number of phenolic OH excluding ortho intramolecular Hbond substituents is 1. The van der Waals surface area contributed by atoms with Crippen LogP contribution in [0.15, 0.2) is 54.9 Å². The van der Waals surface area contributed by atoms with E-state index in [0.717, 1.165) is 36.1 Å². The zero-order chi connectivity index (χ0) is 34.5. The third kappa shape index (κ3) is 11.5. The maximum atomic E-state index is 11.3. The molecule has 2 heterocycles. The molecular formula is C38H54N4O6. The maximum absolute atomic E-state index is 11.3. The topological polar surface area (TPSA) is 177 Å². The van der Waals surface area contributed by atoms with E-state index in [1.165, 1.54) is 0 Å². The van der Waals surface area contributed by atoms with E-state index < -0.39 is 30.3 Å². The molecule has 8 atom stereocenters. The van der Waals surface area contributed by atoms with Crippen LogP contribution >= 0.6 is 0 Å². The first-order valence-electron chi connectivity index (χ1n) is 17.3. The van der Waals surface area contributed by atoms with Crippen LogP contribution in [-0.2, 0) is 12.8 Å². The van der Waals surface area contributed by atoms with Crippen LogP contribution in [0.3, 0.4) is 0 Å². The molecule has 0 spiro atoms. The van der Waals surface area contributed by atoms with Crippen LogP contribution in [-0.4, -0.2) is 79.1 Å². The van der Waals surface area contributed by atoms with E-state index in [-0.39, 0.29) is 36.0 Å². The number of aromatic amines is 1. The summed E-state index contributed by atoms with van der Waals surface area (Å²) in [6, 6.07) is 13.0. The molecule has 0 radical (unpaired) electrons. The van der Waals surface area contributed by atoms with Crippen molar-refractivity contribution in [1.82, 2.24) is 15.3 Å². The summed E-state index contributed by atoms with van der Waals surface area (Å²) in [6.07, 6.45) is 6.53. The predicted molar refractivity (Wildman–Crippen MR) is 187 cm³/mol. The Labute approximate surface area is 284 Å². The molecule has 10 nitrogen and oxygen atoms in total. The largest absolute Gasteiger partial charge is 0.504 e. The number of nitrogens with two attached hydrogens (primary N) is 1. The number of ether oxygens (including phenoxy) is 1. The Morgan fingerprint density at radius 1 is 1.17 bits per heavy atom. The first-order valence-corrected chi connectivity index (χ1v) is 17.3. The summed E-state index contributed by atoms with van der Waals surface area (Å²) in [7, 11) is 0. The number of hydrogen-bond acceptors (Lipinski definition) is 9. The molecule has 1 aliphatic carbocycles. The van der Waals surface area contributed by atoms with E-state index in [0.29, 0.717) is 50.9 Å². The van der Waals surface area contributed by atoms with Crippen molar-refractivity contribution in [2.75, 3.05) is 18.9 Å². The molecule has 9 N–H and O–H groups in total. The van der Waals surface area contributed by atoms with Gasteiger partial charge in [-0.3, -0.25) is 0 Å². The summed E-state index contributed by atoms with van der Waals surface area (Å²) >= 11 is 0. The fourth-order valence-electron chi connectivity index (χ4n) is 6.56. The lowest BCUT2D eigenvalue weighted by atomic mass is 9.84. The Hall–Kier alpha value is -3.59. The highest BCUT2D eigenvalue weighted by Gasteiger charge is 2.28. The van der Waals surface area contributed by atoms with E-state index in [1.807, 2.05) is 30.5 Å². The van der Waals surface area contributed by atoms with Crippen molar-refractivity contribution in [1.29, 1.82) is 0 Å². The summed E-state index contributed by atoms with van der Waals surface area (Å²) in [4.78, 5) is 7.36. The quantitative estimate of drug-likeness (QED) is 0.105. The van der Waals surface area contributed by atoms with Crippen LogP contribution in [0.5, 0.6) is 11.5 Å². The summed E-state index contributed by atoms with van der Waals surface area (Å²) in [5, 5.41) is 56.6. The number of aromatic nitrogens is 2. The van der Waals surface area contributed by atoms with Crippen LogP contribution in [0.25, 0.3) is 0 Å². The minimum atomic E-state index is -0.775. The van der Waals surface area contributed by atoms with Gasteiger partial charge in [0.1, 0.15) is 11.9 Å². The fourth-order valence-corrected chi connectivity index (χ4v) is 6.56. The number of nitrogens with zero attached hydrogens (tertiary/aromatic N) is 1. The van der Waals surface area contributed by atoms with Crippen molar-refractivity contribution < 1.29 is 30.3 Å². The molecule has 0 fully saturated rings. The second-order valence-corrected chi connectivity index (χ2v) is 13.3. The molecule has 10 heteroatoms. The number of rotatable bonds is 16. The Bertz CT molecular complexity index is 1440. The van der Waals surface area contributed by atoms with E-state index in [1.54, 1.807) is 31.3 Å². The van der Waals surface area contributed by atoms with Gasteiger partial charge in [0.2, 0.25) is 0 Å². The Morgan fingerprint density at radius 3 is 2.71 bits per heavy atom. The number of pyridine rings is 1. The number of phenols is 1. The van der Waals surface area contributed by atoms with Crippen LogP contribution in [0.4, 0.5) is 5.82 Å². The normalized spacial score (nSPS) is 22.5. The van der Waals surface area contributed by atoms with Crippen molar-refractivity contribution in [3.63, 3.8) is 0 Å². The van der Waals surface area contributed by atoms with Gasteiger partial charge in [-0.25, -0.2) is 4.98 Å². The van der Waals surface area contributed by atoms with Crippen molar-refractivity contribution in [3.8, 4) is 23.3 Å². The van der Waals surface area contributed by atoms with Gasteiger partial charge in [0.25, 0.3) is 0 Å². The molecule has 1 aromatic carbocycles. The maximum Gasteiger partial charge on any atom is 0.161 e. The van der Waals surface area contributed by atoms with Gasteiger partial charge >= 0.3 is 0 Å². The van der Waals surface area contributed by atoms with Crippen LogP contribution < -0.4 is 15.8 Å². The lowest BCUT2D eigenvalue weighted by Gasteiger charge is -2.30. The van der Waals surface area contributed by atoms with Gasteiger partial charge in [-0.1, -0.05) is 18.9 Å². The highest BCUT2D eigenvalue weighted by Crippen LogP contribution is 2.33. The van der Waals surface area contributed by atoms with Gasteiger partial charge in [0, 0.05) is 48.9 Å². The average molecular weight is 663 g/mol. The third-order valence-electron chi connectivity index (χ3n) is 9.41. The molecule has 48 heavy (non-hydrogen) atoms. The second kappa shape index (κ2) is 18.8. The first kappa shape index (κ1) is 37.2. The molecule has 0 bridgehead atoms. The van der Waals surface area contributed by atoms with Gasteiger partial charge in [0.15, 0.2) is 11.5 Å². The number of nitrogen functional groups attached to an aromatic ring is 1. The van der Waals surface area contributed by atoms with Gasteiger partial charge in [-0.05, 0) is 112 Å². The molecular weight excluding hydrogens is 608 g/mol. The number of aliphatic hydroxyl groups is 4. The van der Waals surface area contributed by atoms with E-state index in [9.17, 15) is 25.5 Å². The van der Waals surface area contributed by atoms with E-state index in [4.69, 9.17) is 10.5 Å². The van der Waals surface area contributed by atoms with Crippen molar-refractivity contribution in [2.45, 2.75) is 108 Å². The summed E-state index contributed by atoms with van der Waals surface area (Å²) < 4.78 is 6.20. The molecule has 4 rings (SSSR count). The molecule has 0 amide bonds. The predicted octanol–water partition coefficient (Wildman–Crippen LogP) is 4.07. The Morgan fingerprint density at radius 2 is 2.00 bits per heavy atom. The van der Waals surface area contributed by atoms with Crippen molar-refractivity contribution in [3.05, 3.63) is 71.7 Å². The number of aryl methyl sites for hydroxylation is 1. The van der Waals surface area contributed by atoms with E-state index >= 15 is 0 Å². The lowest BCUT2D eigenvalue weighted by molar-refractivity contribution is 0.00428. The molecule has 0 aliphatic heterocycles. The zero-order valence-corrected chi connectivity index (χ0v) is 28.3. The minimum Gasteiger partial charge on any atom is -0.504 e. The van der Waals surface area contributed by atoms with Crippen molar-refractivity contribution >= 4 is 5.82 Å². The number of anilines is 1. The number of hydrogen-bond donors (Lipinski definition) is 8. The summed E-state index contributed by atoms with van der Waals surface area (Å²) in [5.41, 5.74) is 8.86. The van der Waals surface area contributed by atoms with Crippen LogP contribution in [0.2, 0.25) is 0 Å². The van der Waals surface area contributed by atoms with Gasteiger partial charge in [-0.2, -0.15) is 0 Å². The summed E-state index contributed by atoms with van der Waals surface area (Å²) in [6.45, 7) is 4.11. The van der Waals surface area contributed by atoms with Crippen molar-refractivity contribution in [2.24, 2.45) is 11.8 Å². The SMILES string of the molecule is CCC1C#CCC(C(O)CCc2ccc(O)c(OC(CO)CC(Cc3ccc[nH]3)c3ccnc(N)c3)c2)C(O)CCC(NCC(C)O)C1. The zero-order valence-electron chi connectivity index (χ0n) is 28.3. The Balaban J connectivity index is 1.41. The lowest BCUT2D eigenvalue weighted by Crippen LogP contribution is -2.38. The first-order chi connectivity index (χ1) is 23.1. The second-order valence-electron chi connectivity index (χ2n) is 13.3. The highest BCUT2D eigenvalue weighted by molar-refractivity contribution is 5.42. The fraction of sp³-hybridized carbons (Fsp3) is 0.553. The smallest absolute Gasteiger partial charge is 0.161 e. The minimum absolute atomic E-state index is 0.0322.